The molecule has 0 saturated carbocycles. The zero-order chi connectivity index (χ0) is 17.7. The molecule has 0 unspecified atom stereocenters. The molecule has 1 aromatic carbocycles. The molecule has 24 heavy (non-hydrogen) atoms. The summed E-state index contributed by atoms with van der Waals surface area (Å²) in [7, 11) is 1.36. The maximum absolute atomic E-state index is 11.3. The first-order valence-corrected chi connectivity index (χ1v) is 7.84. The van der Waals surface area contributed by atoms with E-state index in [1.54, 1.807) is 6.07 Å². The molecule has 0 aliphatic carbocycles. The Hall–Kier alpha value is -2.34. The maximum Gasteiger partial charge on any atom is 0.360 e. The third kappa shape index (κ3) is 4.35. The van der Waals surface area contributed by atoms with Crippen LogP contribution >= 0.6 is 11.6 Å². The van der Waals surface area contributed by atoms with Gasteiger partial charge >= 0.3 is 5.97 Å². The summed E-state index contributed by atoms with van der Waals surface area (Å²) in [5, 5.41) is 9.84. The van der Waals surface area contributed by atoms with E-state index >= 15 is 0 Å². The second kappa shape index (κ2) is 7.97. The largest absolute Gasteiger partial charge is 0.479 e. The monoisotopic (exact) mass is 350 g/mol. The molecule has 1 N–H and O–H groups in total. The summed E-state index contributed by atoms with van der Waals surface area (Å²) >= 11 is 6.11. The van der Waals surface area contributed by atoms with E-state index in [9.17, 15) is 9.90 Å². The van der Waals surface area contributed by atoms with Gasteiger partial charge in [0.25, 0.3) is 0 Å². The van der Waals surface area contributed by atoms with Gasteiger partial charge < -0.3 is 14.6 Å². The Morgan fingerprint density at radius 3 is 2.54 bits per heavy atom. The van der Waals surface area contributed by atoms with Gasteiger partial charge in [-0.15, -0.1) is 0 Å². The van der Waals surface area contributed by atoms with Gasteiger partial charge in [0.2, 0.25) is 17.5 Å². The first-order valence-electron chi connectivity index (χ1n) is 7.46. The Labute approximate surface area is 145 Å². The third-order valence-electron chi connectivity index (χ3n) is 3.22. The van der Waals surface area contributed by atoms with Crippen molar-refractivity contribution in [2.24, 2.45) is 5.92 Å². The van der Waals surface area contributed by atoms with Crippen LogP contribution in [0.4, 0.5) is 0 Å². The van der Waals surface area contributed by atoms with Gasteiger partial charge in [0.1, 0.15) is 12.3 Å². The minimum atomic E-state index is -1.22. The number of aromatic carboxylic acids is 1. The fraction of sp³-hybridized carbons (Fsp3) is 0.353. The molecule has 0 bridgehead atoms. The van der Waals surface area contributed by atoms with E-state index in [0.29, 0.717) is 23.1 Å². The first kappa shape index (κ1) is 18.0. The smallest absolute Gasteiger partial charge is 0.360 e. The number of rotatable bonds is 7. The number of carbonyl (C=O) groups is 1. The van der Waals surface area contributed by atoms with Crippen molar-refractivity contribution >= 4 is 17.6 Å². The lowest BCUT2D eigenvalue weighted by molar-refractivity contribution is 0.0683. The number of hydrogen-bond acceptors (Lipinski definition) is 5. The second-order valence-electron chi connectivity index (χ2n) is 5.62. The quantitative estimate of drug-likeness (QED) is 0.821. The molecule has 128 valence electrons. The SMILES string of the molecule is COc1nc(CC(C)C)c(OCc2ccccc2Cl)nc1C(=O)O. The molecular weight excluding hydrogens is 332 g/mol. The van der Waals surface area contributed by atoms with Gasteiger partial charge in [0.15, 0.2) is 0 Å². The second-order valence-corrected chi connectivity index (χ2v) is 6.02. The molecule has 0 spiro atoms. The molecule has 7 heteroatoms. The first-order chi connectivity index (χ1) is 11.4. The summed E-state index contributed by atoms with van der Waals surface area (Å²) in [5.74, 6) is -0.773. The van der Waals surface area contributed by atoms with Crippen molar-refractivity contribution in [1.29, 1.82) is 0 Å². The van der Waals surface area contributed by atoms with E-state index in [0.717, 1.165) is 5.56 Å². The summed E-state index contributed by atoms with van der Waals surface area (Å²) in [4.78, 5) is 19.7. The average Bonchev–Trinajstić information content (AvgIpc) is 2.53. The van der Waals surface area contributed by atoms with Crippen molar-refractivity contribution in [2.45, 2.75) is 26.9 Å². The van der Waals surface area contributed by atoms with Crippen LogP contribution in [0.1, 0.15) is 35.6 Å². The van der Waals surface area contributed by atoms with Crippen molar-refractivity contribution in [3.05, 3.63) is 46.2 Å². The normalized spacial score (nSPS) is 10.7. The highest BCUT2D eigenvalue weighted by Gasteiger charge is 2.21. The summed E-state index contributed by atoms with van der Waals surface area (Å²) in [6, 6.07) is 7.27. The molecule has 0 amide bonds. The van der Waals surface area contributed by atoms with Crippen LogP contribution in [0.2, 0.25) is 5.02 Å². The molecule has 1 aromatic heterocycles. The highest BCUT2D eigenvalue weighted by molar-refractivity contribution is 6.31. The molecule has 6 nitrogen and oxygen atoms in total. The van der Waals surface area contributed by atoms with Crippen LogP contribution in [0.25, 0.3) is 0 Å². The van der Waals surface area contributed by atoms with Gasteiger partial charge in [-0.05, 0) is 18.4 Å². The van der Waals surface area contributed by atoms with Crippen LogP contribution in [-0.4, -0.2) is 28.2 Å². The van der Waals surface area contributed by atoms with Gasteiger partial charge in [-0.1, -0.05) is 43.6 Å². The van der Waals surface area contributed by atoms with Gasteiger partial charge in [-0.25, -0.2) is 9.78 Å². The average molecular weight is 351 g/mol. The fourth-order valence-corrected chi connectivity index (χ4v) is 2.31. The number of carboxylic acid groups (broad SMARTS) is 1. The lowest BCUT2D eigenvalue weighted by atomic mass is 10.1. The summed E-state index contributed by atoms with van der Waals surface area (Å²) in [6.07, 6.45) is 0.584. The number of methoxy groups -OCH3 is 1. The summed E-state index contributed by atoms with van der Waals surface area (Å²) in [6.45, 7) is 4.22. The van der Waals surface area contributed by atoms with Crippen LogP contribution in [-0.2, 0) is 13.0 Å². The summed E-state index contributed by atoms with van der Waals surface area (Å²) in [5.41, 5.74) is 1.06. The molecule has 2 rings (SSSR count). The molecule has 0 aliphatic rings. The van der Waals surface area contributed by atoms with Crippen molar-refractivity contribution in [1.82, 2.24) is 9.97 Å². The van der Waals surface area contributed by atoms with Gasteiger partial charge in [-0.2, -0.15) is 4.98 Å². The standard InChI is InChI=1S/C17H19ClN2O4/c1-10(2)8-13-15(20-14(17(21)22)16(19-13)23-3)24-9-11-6-4-5-7-12(11)18/h4-7,10H,8-9H2,1-3H3,(H,21,22). The van der Waals surface area contributed by atoms with Crippen LogP contribution in [0.5, 0.6) is 11.8 Å². The lowest BCUT2D eigenvalue weighted by Crippen LogP contribution is -2.12. The molecule has 0 saturated heterocycles. The van der Waals surface area contributed by atoms with E-state index in [-0.39, 0.29) is 24.1 Å². The van der Waals surface area contributed by atoms with Gasteiger partial charge in [-0.3, -0.25) is 0 Å². The van der Waals surface area contributed by atoms with E-state index in [1.807, 2.05) is 32.0 Å². The topological polar surface area (TPSA) is 81.5 Å². The Morgan fingerprint density at radius 1 is 1.25 bits per heavy atom. The van der Waals surface area contributed by atoms with Crippen molar-refractivity contribution < 1.29 is 19.4 Å². The number of hydrogen-bond donors (Lipinski definition) is 1. The van der Waals surface area contributed by atoms with E-state index < -0.39 is 5.97 Å². The van der Waals surface area contributed by atoms with Crippen LogP contribution in [0.3, 0.4) is 0 Å². The molecular formula is C17H19ClN2O4. The molecule has 0 fully saturated rings. The van der Waals surface area contributed by atoms with Crippen molar-refractivity contribution in [3.8, 4) is 11.8 Å². The Kier molecular flexibility index (Phi) is 5.98. The predicted molar refractivity (Wildman–Crippen MR) is 89.9 cm³/mol. The highest BCUT2D eigenvalue weighted by atomic mass is 35.5. The highest BCUT2D eigenvalue weighted by Crippen LogP contribution is 2.25. The minimum Gasteiger partial charge on any atom is -0.479 e. The zero-order valence-corrected chi connectivity index (χ0v) is 14.5. The number of benzene rings is 1. The summed E-state index contributed by atoms with van der Waals surface area (Å²) < 4.78 is 10.8. The van der Waals surface area contributed by atoms with Gasteiger partial charge in [0.05, 0.1) is 7.11 Å². The third-order valence-corrected chi connectivity index (χ3v) is 3.59. The predicted octanol–water partition coefficient (Wildman–Crippen LogP) is 3.61. The number of halogens is 1. The Balaban J connectivity index is 2.36. The minimum absolute atomic E-state index is 0.0248. The van der Waals surface area contributed by atoms with Crippen molar-refractivity contribution in [2.75, 3.05) is 7.11 Å². The van der Waals surface area contributed by atoms with E-state index in [4.69, 9.17) is 21.1 Å². The number of carboxylic acids is 1. The van der Waals surface area contributed by atoms with Crippen LogP contribution < -0.4 is 9.47 Å². The number of aromatic nitrogens is 2. The van der Waals surface area contributed by atoms with E-state index in [1.165, 1.54) is 7.11 Å². The lowest BCUT2D eigenvalue weighted by Gasteiger charge is -2.14. The molecule has 0 aliphatic heterocycles. The Bertz CT molecular complexity index is 735. The van der Waals surface area contributed by atoms with E-state index in [2.05, 4.69) is 9.97 Å². The molecule has 2 aromatic rings. The molecule has 0 radical (unpaired) electrons. The maximum atomic E-state index is 11.3. The van der Waals surface area contributed by atoms with Gasteiger partial charge in [0, 0.05) is 10.6 Å². The molecule has 0 atom stereocenters. The number of nitrogens with zero attached hydrogens (tertiary/aromatic N) is 2. The fourth-order valence-electron chi connectivity index (χ4n) is 2.12. The number of ether oxygens (including phenoxy) is 2. The van der Waals surface area contributed by atoms with Crippen LogP contribution in [0, 0.1) is 5.92 Å². The molecule has 1 heterocycles. The zero-order valence-electron chi connectivity index (χ0n) is 13.7. The van der Waals surface area contributed by atoms with Crippen molar-refractivity contribution in [3.63, 3.8) is 0 Å². The van der Waals surface area contributed by atoms with Crippen LogP contribution in [0.15, 0.2) is 24.3 Å². The Morgan fingerprint density at radius 2 is 1.96 bits per heavy atom.